The van der Waals surface area contributed by atoms with E-state index in [0.717, 1.165) is 11.8 Å². The summed E-state index contributed by atoms with van der Waals surface area (Å²) in [6, 6.07) is 0. The van der Waals surface area contributed by atoms with Crippen molar-refractivity contribution < 1.29 is 9.59 Å². The predicted molar refractivity (Wildman–Crippen MR) is 35.0 cm³/mol. The number of hydrogen-bond acceptors (Lipinski definition) is 4. The Hall–Kier alpha value is -0.350. The van der Waals surface area contributed by atoms with Crippen LogP contribution in [0.25, 0.3) is 0 Å². The number of thioether (sulfide) groups is 1. The van der Waals surface area contributed by atoms with E-state index >= 15 is 0 Å². The first-order valence-electron chi connectivity index (χ1n) is 2.65. The van der Waals surface area contributed by atoms with Crippen molar-refractivity contribution in [1.82, 2.24) is 0 Å². The first-order chi connectivity index (χ1) is 4.25. The highest BCUT2D eigenvalue weighted by molar-refractivity contribution is 8.15. The fraction of sp³-hybridized carbons (Fsp3) is 0.600. The highest BCUT2D eigenvalue weighted by Crippen LogP contribution is 2.20. The molecule has 9 heavy (non-hydrogen) atoms. The van der Waals surface area contributed by atoms with Crippen molar-refractivity contribution in [2.24, 2.45) is 11.7 Å². The molecular weight excluding hydrogens is 138 g/mol. The van der Waals surface area contributed by atoms with Gasteiger partial charge in [-0.2, -0.15) is 0 Å². The van der Waals surface area contributed by atoms with Crippen LogP contribution in [0.1, 0.15) is 0 Å². The van der Waals surface area contributed by atoms with E-state index in [0.29, 0.717) is 5.75 Å². The largest absolute Gasteiger partial charge is 0.329 e. The SMILES string of the molecule is NCC1C(=O)CSC1=O. The number of rotatable bonds is 1. The van der Waals surface area contributed by atoms with Crippen LogP contribution >= 0.6 is 11.8 Å². The van der Waals surface area contributed by atoms with Crippen LogP contribution in [0.5, 0.6) is 0 Å². The summed E-state index contributed by atoms with van der Waals surface area (Å²) < 4.78 is 0. The molecule has 1 fully saturated rings. The van der Waals surface area contributed by atoms with Crippen LogP contribution in [-0.4, -0.2) is 23.2 Å². The summed E-state index contributed by atoms with van der Waals surface area (Å²) in [6.45, 7) is 0.171. The van der Waals surface area contributed by atoms with Gasteiger partial charge in [0.05, 0.1) is 11.7 Å². The molecular formula is C5H7NO2S. The van der Waals surface area contributed by atoms with E-state index in [2.05, 4.69) is 0 Å². The molecule has 1 rings (SSSR count). The average molecular weight is 145 g/mol. The maximum absolute atomic E-state index is 10.7. The molecule has 1 unspecified atom stereocenters. The minimum atomic E-state index is -0.505. The van der Waals surface area contributed by atoms with Gasteiger partial charge in [-0.3, -0.25) is 9.59 Å². The van der Waals surface area contributed by atoms with Crippen LogP contribution in [0.3, 0.4) is 0 Å². The minimum Gasteiger partial charge on any atom is -0.329 e. The Bertz CT molecular complexity index is 141. The predicted octanol–water partition coefficient (Wildman–Crippen LogP) is -0.596. The standard InChI is InChI=1S/C5H7NO2S/c6-1-3-4(7)2-9-5(3)8/h3H,1-2,6H2. The Morgan fingerprint density at radius 2 is 2.33 bits per heavy atom. The topological polar surface area (TPSA) is 60.2 Å². The summed E-state index contributed by atoms with van der Waals surface area (Å²) in [5.41, 5.74) is 5.16. The molecule has 3 nitrogen and oxygen atoms in total. The van der Waals surface area contributed by atoms with Gasteiger partial charge in [0.1, 0.15) is 0 Å². The molecule has 0 aromatic rings. The Labute approximate surface area is 57.0 Å². The zero-order chi connectivity index (χ0) is 6.85. The molecule has 1 heterocycles. The lowest BCUT2D eigenvalue weighted by Crippen LogP contribution is -2.24. The molecule has 0 amide bonds. The Kier molecular flexibility index (Phi) is 1.87. The summed E-state index contributed by atoms with van der Waals surface area (Å²) in [7, 11) is 0. The molecule has 4 heteroatoms. The van der Waals surface area contributed by atoms with E-state index in [9.17, 15) is 9.59 Å². The van der Waals surface area contributed by atoms with E-state index in [-0.39, 0.29) is 17.4 Å². The number of ketones is 1. The van der Waals surface area contributed by atoms with Crippen LogP contribution < -0.4 is 5.73 Å². The van der Waals surface area contributed by atoms with E-state index in [1.54, 1.807) is 0 Å². The molecule has 0 radical (unpaired) electrons. The minimum absolute atomic E-state index is 0.0208. The molecule has 0 saturated carbocycles. The van der Waals surface area contributed by atoms with Crippen molar-refractivity contribution in [3.05, 3.63) is 0 Å². The Morgan fingerprint density at radius 3 is 2.56 bits per heavy atom. The number of Topliss-reactive ketones (excluding diaryl/α,β-unsaturated/α-hetero) is 1. The van der Waals surface area contributed by atoms with Crippen LogP contribution in [-0.2, 0) is 9.59 Å². The van der Waals surface area contributed by atoms with Crippen LogP contribution in [0, 0.1) is 5.92 Å². The van der Waals surface area contributed by atoms with Crippen molar-refractivity contribution in [3.8, 4) is 0 Å². The normalized spacial score (nSPS) is 27.4. The van der Waals surface area contributed by atoms with Gasteiger partial charge in [-0.1, -0.05) is 11.8 Å². The lowest BCUT2D eigenvalue weighted by molar-refractivity contribution is -0.124. The van der Waals surface area contributed by atoms with Gasteiger partial charge in [0.2, 0.25) is 5.12 Å². The first-order valence-corrected chi connectivity index (χ1v) is 3.63. The van der Waals surface area contributed by atoms with Gasteiger partial charge >= 0.3 is 0 Å². The van der Waals surface area contributed by atoms with Crippen molar-refractivity contribution in [2.75, 3.05) is 12.3 Å². The smallest absolute Gasteiger partial charge is 0.201 e. The summed E-state index contributed by atoms with van der Waals surface area (Å²) in [6.07, 6.45) is 0. The van der Waals surface area contributed by atoms with E-state index in [1.165, 1.54) is 0 Å². The second kappa shape index (κ2) is 2.49. The zero-order valence-corrected chi connectivity index (χ0v) is 5.61. The molecule has 2 N–H and O–H groups in total. The molecule has 0 bridgehead atoms. The molecule has 0 spiro atoms. The maximum Gasteiger partial charge on any atom is 0.201 e. The van der Waals surface area contributed by atoms with Crippen molar-refractivity contribution >= 4 is 22.7 Å². The molecule has 1 atom stereocenters. The third-order valence-electron chi connectivity index (χ3n) is 1.27. The first kappa shape index (κ1) is 6.77. The van der Waals surface area contributed by atoms with Crippen LogP contribution in [0.2, 0.25) is 0 Å². The van der Waals surface area contributed by atoms with Gasteiger partial charge in [0, 0.05) is 6.54 Å². The Morgan fingerprint density at radius 1 is 1.67 bits per heavy atom. The molecule has 1 aliphatic heterocycles. The second-order valence-electron chi connectivity index (χ2n) is 1.86. The number of carbonyl (C=O) groups excluding carboxylic acids is 2. The highest BCUT2D eigenvalue weighted by Gasteiger charge is 2.31. The second-order valence-corrected chi connectivity index (χ2v) is 2.84. The highest BCUT2D eigenvalue weighted by atomic mass is 32.2. The Balaban J connectivity index is 2.66. The van der Waals surface area contributed by atoms with E-state index in [4.69, 9.17) is 5.73 Å². The van der Waals surface area contributed by atoms with Gasteiger partial charge < -0.3 is 5.73 Å². The summed E-state index contributed by atoms with van der Waals surface area (Å²) in [5, 5.41) is -0.0671. The summed E-state index contributed by atoms with van der Waals surface area (Å²) in [4.78, 5) is 21.4. The fourth-order valence-electron chi connectivity index (χ4n) is 0.703. The maximum atomic E-state index is 10.7. The zero-order valence-electron chi connectivity index (χ0n) is 4.79. The molecule has 0 aromatic heterocycles. The van der Waals surface area contributed by atoms with Gasteiger partial charge in [-0.05, 0) is 0 Å². The molecule has 1 aliphatic rings. The van der Waals surface area contributed by atoms with Crippen LogP contribution in [0.15, 0.2) is 0 Å². The number of carbonyl (C=O) groups is 2. The molecule has 0 aromatic carbocycles. The van der Waals surface area contributed by atoms with E-state index < -0.39 is 5.92 Å². The van der Waals surface area contributed by atoms with Crippen LogP contribution in [0.4, 0.5) is 0 Å². The van der Waals surface area contributed by atoms with Gasteiger partial charge in [0.15, 0.2) is 5.78 Å². The van der Waals surface area contributed by atoms with E-state index in [1.807, 2.05) is 0 Å². The number of hydrogen-bond donors (Lipinski definition) is 1. The average Bonchev–Trinajstić information content (AvgIpc) is 2.12. The lowest BCUT2D eigenvalue weighted by Gasteiger charge is -1.96. The summed E-state index contributed by atoms with van der Waals surface area (Å²) >= 11 is 1.07. The lowest BCUT2D eigenvalue weighted by atomic mass is 10.1. The van der Waals surface area contributed by atoms with Crippen molar-refractivity contribution in [3.63, 3.8) is 0 Å². The van der Waals surface area contributed by atoms with Crippen molar-refractivity contribution in [1.29, 1.82) is 0 Å². The number of nitrogens with two attached hydrogens (primary N) is 1. The fourth-order valence-corrected chi connectivity index (χ4v) is 1.62. The van der Waals surface area contributed by atoms with Gasteiger partial charge in [-0.25, -0.2) is 0 Å². The van der Waals surface area contributed by atoms with Gasteiger partial charge in [-0.15, -0.1) is 0 Å². The molecule has 0 aliphatic carbocycles. The third-order valence-corrected chi connectivity index (χ3v) is 2.26. The van der Waals surface area contributed by atoms with Crippen molar-refractivity contribution in [2.45, 2.75) is 0 Å². The quantitative estimate of drug-likeness (QED) is 0.501. The monoisotopic (exact) mass is 145 g/mol. The summed E-state index contributed by atoms with van der Waals surface area (Å²) in [5.74, 6) is -0.205. The molecule has 50 valence electrons. The molecule has 1 saturated heterocycles. The third kappa shape index (κ3) is 1.14. The van der Waals surface area contributed by atoms with Gasteiger partial charge in [0.25, 0.3) is 0 Å².